The molecule has 17 heavy (non-hydrogen) atoms. The van der Waals surface area contributed by atoms with Crippen LogP contribution in [0.25, 0.3) is 0 Å². The predicted octanol–water partition coefficient (Wildman–Crippen LogP) is 1.66. The van der Waals surface area contributed by atoms with Gasteiger partial charge in [0, 0.05) is 19.0 Å². The predicted molar refractivity (Wildman–Crippen MR) is 53.7 cm³/mol. The minimum atomic E-state index is -2.78. The highest BCUT2D eigenvalue weighted by Crippen LogP contribution is 2.40. The molecule has 1 unspecified atom stereocenters. The van der Waals surface area contributed by atoms with Crippen LogP contribution in [0.2, 0.25) is 0 Å². The molecule has 94 valence electrons. The number of halogens is 2. The number of nitrogens with zero attached hydrogens (tertiary/aromatic N) is 3. The van der Waals surface area contributed by atoms with Crippen LogP contribution in [0.5, 0.6) is 0 Å². The normalized spacial score (nSPS) is 28.6. The Bertz CT molecular complexity index is 408. The van der Waals surface area contributed by atoms with E-state index in [1.54, 1.807) is 0 Å². The first-order valence-corrected chi connectivity index (χ1v) is 5.44. The lowest BCUT2D eigenvalue weighted by Gasteiger charge is -2.27. The molecular formula is C10H13F2N3O2. The number of carboxylic acid groups (broad SMARTS) is 1. The molecule has 0 amide bonds. The Hall–Kier alpha value is -1.53. The molecule has 1 heterocycles. The molecule has 2 rings (SSSR count). The second-order valence-electron chi connectivity index (χ2n) is 4.39. The Balaban J connectivity index is 2.33. The second-order valence-corrected chi connectivity index (χ2v) is 4.39. The van der Waals surface area contributed by atoms with Crippen LogP contribution in [0.4, 0.5) is 8.78 Å². The zero-order chi connectivity index (χ0) is 12.5. The molecule has 1 aliphatic rings. The van der Waals surface area contributed by atoms with Crippen molar-refractivity contribution in [2.75, 3.05) is 0 Å². The number of carboxylic acids is 1. The van der Waals surface area contributed by atoms with Crippen molar-refractivity contribution in [1.82, 2.24) is 15.0 Å². The van der Waals surface area contributed by atoms with Crippen LogP contribution in [0.15, 0.2) is 12.4 Å². The molecule has 7 heteroatoms. The summed E-state index contributed by atoms with van der Waals surface area (Å²) >= 11 is 0. The molecule has 1 aromatic heterocycles. The van der Waals surface area contributed by atoms with E-state index >= 15 is 0 Å². The van der Waals surface area contributed by atoms with Gasteiger partial charge < -0.3 is 5.11 Å². The zero-order valence-corrected chi connectivity index (χ0v) is 9.14. The molecule has 0 radical (unpaired) electrons. The Morgan fingerprint density at radius 2 is 2.06 bits per heavy atom. The number of alkyl halides is 2. The van der Waals surface area contributed by atoms with Crippen molar-refractivity contribution in [3.05, 3.63) is 12.4 Å². The quantitative estimate of drug-likeness (QED) is 0.804. The minimum absolute atomic E-state index is 0.126. The Labute approximate surface area is 96.4 Å². The third-order valence-electron chi connectivity index (χ3n) is 3.30. The number of hydrogen-bond acceptors (Lipinski definition) is 3. The van der Waals surface area contributed by atoms with E-state index in [1.807, 2.05) is 0 Å². The summed E-state index contributed by atoms with van der Waals surface area (Å²) in [7, 11) is 0. The van der Waals surface area contributed by atoms with E-state index in [0.29, 0.717) is 0 Å². The Morgan fingerprint density at radius 3 is 2.65 bits per heavy atom. The lowest BCUT2D eigenvalue weighted by atomic mass is 9.90. The van der Waals surface area contributed by atoms with Gasteiger partial charge in [0.15, 0.2) is 5.54 Å². The van der Waals surface area contributed by atoms with E-state index in [1.165, 1.54) is 17.1 Å². The van der Waals surface area contributed by atoms with Gasteiger partial charge in [-0.1, -0.05) is 5.21 Å². The van der Waals surface area contributed by atoms with Crippen molar-refractivity contribution in [3.63, 3.8) is 0 Å². The number of hydrogen-bond donors (Lipinski definition) is 1. The molecular weight excluding hydrogens is 232 g/mol. The van der Waals surface area contributed by atoms with Gasteiger partial charge in [0.25, 0.3) is 0 Å². The van der Waals surface area contributed by atoms with E-state index in [4.69, 9.17) is 0 Å². The Kier molecular flexibility index (Phi) is 2.84. The van der Waals surface area contributed by atoms with E-state index in [9.17, 15) is 18.7 Å². The van der Waals surface area contributed by atoms with Crippen molar-refractivity contribution >= 4 is 5.97 Å². The molecule has 1 saturated carbocycles. The van der Waals surface area contributed by atoms with Gasteiger partial charge in [-0.15, -0.1) is 5.10 Å². The van der Waals surface area contributed by atoms with Gasteiger partial charge in [0.05, 0.1) is 6.20 Å². The maximum Gasteiger partial charge on any atom is 0.331 e. The lowest BCUT2D eigenvalue weighted by molar-refractivity contribution is -0.149. The van der Waals surface area contributed by atoms with E-state index in [2.05, 4.69) is 10.3 Å². The summed E-state index contributed by atoms with van der Waals surface area (Å²) in [5.74, 6) is -3.90. The maximum atomic E-state index is 13.3. The number of aromatic nitrogens is 3. The van der Waals surface area contributed by atoms with Crippen LogP contribution < -0.4 is 0 Å². The van der Waals surface area contributed by atoms with Crippen LogP contribution in [0.3, 0.4) is 0 Å². The summed E-state index contributed by atoms with van der Waals surface area (Å²) in [5.41, 5.74) is -1.38. The van der Waals surface area contributed by atoms with Gasteiger partial charge in [-0.2, -0.15) is 0 Å². The lowest BCUT2D eigenvalue weighted by Crippen LogP contribution is -2.42. The van der Waals surface area contributed by atoms with E-state index in [0.717, 1.165) is 0 Å². The summed E-state index contributed by atoms with van der Waals surface area (Å²) in [4.78, 5) is 11.4. The van der Waals surface area contributed by atoms with Gasteiger partial charge in [-0.3, -0.25) is 0 Å². The van der Waals surface area contributed by atoms with E-state index in [-0.39, 0.29) is 25.7 Å². The topological polar surface area (TPSA) is 68.0 Å². The molecule has 0 aromatic carbocycles. The summed E-state index contributed by atoms with van der Waals surface area (Å²) in [6.45, 7) is 0. The van der Waals surface area contributed by atoms with Crippen LogP contribution in [0.1, 0.15) is 32.1 Å². The molecule has 1 aliphatic carbocycles. The second kappa shape index (κ2) is 4.05. The first-order chi connectivity index (χ1) is 7.96. The zero-order valence-electron chi connectivity index (χ0n) is 9.14. The molecule has 0 bridgehead atoms. The van der Waals surface area contributed by atoms with Crippen molar-refractivity contribution in [1.29, 1.82) is 0 Å². The molecule has 5 nitrogen and oxygen atoms in total. The molecule has 1 atom stereocenters. The van der Waals surface area contributed by atoms with Crippen molar-refractivity contribution in [3.8, 4) is 0 Å². The monoisotopic (exact) mass is 245 g/mol. The van der Waals surface area contributed by atoms with Crippen molar-refractivity contribution < 1.29 is 18.7 Å². The minimum Gasteiger partial charge on any atom is -0.479 e. The molecule has 1 aromatic rings. The van der Waals surface area contributed by atoms with Gasteiger partial charge >= 0.3 is 5.97 Å². The molecule has 0 aliphatic heterocycles. The summed E-state index contributed by atoms with van der Waals surface area (Å²) in [6.07, 6.45) is 2.26. The van der Waals surface area contributed by atoms with Crippen LogP contribution >= 0.6 is 0 Å². The third kappa shape index (κ3) is 2.13. The third-order valence-corrected chi connectivity index (χ3v) is 3.30. The molecule has 1 fully saturated rings. The largest absolute Gasteiger partial charge is 0.479 e. The fourth-order valence-corrected chi connectivity index (χ4v) is 2.26. The maximum absolute atomic E-state index is 13.3. The SMILES string of the molecule is O=C(O)C1(n2ccnn2)CCCC(F)(F)CC1. The molecule has 1 N–H and O–H groups in total. The smallest absolute Gasteiger partial charge is 0.331 e. The first-order valence-electron chi connectivity index (χ1n) is 5.44. The molecule has 0 saturated heterocycles. The first kappa shape index (κ1) is 11.9. The highest BCUT2D eigenvalue weighted by Gasteiger charge is 2.46. The van der Waals surface area contributed by atoms with Crippen LogP contribution in [-0.2, 0) is 10.3 Å². The van der Waals surface area contributed by atoms with Gasteiger partial charge in [-0.25, -0.2) is 18.3 Å². The number of carbonyl (C=O) groups is 1. The van der Waals surface area contributed by atoms with E-state index < -0.39 is 23.9 Å². The van der Waals surface area contributed by atoms with Gasteiger partial charge in [-0.05, 0) is 19.3 Å². The average Bonchev–Trinajstić information content (AvgIpc) is 2.71. The van der Waals surface area contributed by atoms with Gasteiger partial charge in [0.1, 0.15) is 0 Å². The standard InChI is InChI=1S/C10H13F2N3O2/c11-10(12)3-1-2-9(4-5-10,8(16)17)15-7-6-13-14-15/h6-7H,1-5H2,(H,16,17). The Morgan fingerprint density at radius 1 is 1.29 bits per heavy atom. The fourth-order valence-electron chi connectivity index (χ4n) is 2.26. The summed E-state index contributed by atoms with van der Waals surface area (Å²) in [5, 5.41) is 16.5. The highest BCUT2D eigenvalue weighted by atomic mass is 19.3. The highest BCUT2D eigenvalue weighted by molar-refractivity contribution is 5.76. The van der Waals surface area contributed by atoms with Crippen molar-refractivity contribution in [2.24, 2.45) is 0 Å². The fraction of sp³-hybridized carbons (Fsp3) is 0.700. The van der Waals surface area contributed by atoms with Crippen LogP contribution in [-0.4, -0.2) is 32.0 Å². The van der Waals surface area contributed by atoms with Crippen molar-refractivity contribution in [2.45, 2.75) is 43.6 Å². The summed E-state index contributed by atoms with van der Waals surface area (Å²) < 4.78 is 27.7. The van der Waals surface area contributed by atoms with Crippen LogP contribution in [0, 0.1) is 0 Å². The number of aliphatic carboxylic acids is 1. The number of rotatable bonds is 2. The molecule has 0 spiro atoms. The van der Waals surface area contributed by atoms with Gasteiger partial charge in [0.2, 0.25) is 5.92 Å². The average molecular weight is 245 g/mol. The summed E-state index contributed by atoms with van der Waals surface area (Å²) in [6, 6.07) is 0.